The minimum Gasteiger partial charge on any atom is -0.496 e. The van der Waals surface area contributed by atoms with Gasteiger partial charge in [-0.3, -0.25) is 9.59 Å². The Kier molecular flexibility index (Phi) is 5.07. The number of methoxy groups -OCH3 is 1. The molecule has 1 aliphatic rings. The maximum atomic E-state index is 12.8. The first-order valence-electron chi connectivity index (χ1n) is 8.46. The molecule has 0 atom stereocenters. The highest BCUT2D eigenvalue weighted by Gasteiger charge is 2.24. The van der Waals surface area contributed by atoms with Gasteiger partial charge < -0.3 is 19.5 Å². The van der Waals surface area contributed by atoms with E-state index < -0.39 is 0 Å². The highest BCUT2D eigenvalue weighted by Crippen LogP contribution is 2.20. The third-order valence-corrected chi connectivity index (χ3v) is 4.54. The first-order chi connectivity index (χ1) is 12.1. The van der Waals surface area contributed by atoms with Crippen LogP contribution in [-0.4, -0.2) is 59.9 Å². The van der Waals surface area contributed by atoms with Gasteiger partial charge in [0, 0.05) is 37.9 Å². The van der Waals surface area contributed by atoms with Gasteiger partial charge in [0.25, 0.3) is 11.8 Å². The predicted molar refractivity (Wildman–Crippen MR) is 94.9 cm³/mol. The zero-order chi connectivity index (χ0) is 17.8. The molecule has 25 heavy (non-hydrogen) atoms. The van der Waals surface area contributed by atoms with Crippen LogP contribution >= 0.6 is 0 Å². The number of hydrogen-bond acceptors (Lipinski definition) is 3. The van der Waals surface area contributed by atoms with Crippen molar-refractivity contribution in [3.63, 3.8) is 0 Å². The minimum absolute atomic E-state index is 0.0000688. The molecule has 1 N–H and O–H groups in total. The lowest BCUT2D eigenvalue weighted by Crippen LogP contribution is -2.37. The van der Waals surface area contributed by atoms with E-state index in [2.05, 4.69) is 4.98 Å². The number of amides is 2. The van der Waals surface area contributed by atoms with E-state index >= 15 is 0 Å². The van der Waals surface area contributed by atoms with Gasteiger partial charge in [0.15, 0.2) is 0 Å². The first kappa shape index (κ1) is 17.1. The molecule has 0 spiro atoms. The molecule has 1 aromatic carbocycles. The number of ether oxygens (including phenoxy) is 1. The number of aromatic nitrogens is 1. The zero-order valence-electron chi connectivity index (χ0n) is 14.6. The summed E-state index contributed by atoms with van der Waals surface area (Å²) in [5, 5.41) is 0. The third-order valence-electron chi connectivity index (χ3n) is 4.54. The molecule has 0 unspecified atom stereocenters. The van der Waals surface area contributed by atoms with Gasteiger partial charge in [-0.1, -0.05) is 0 Å². The van der Waals surface area contributed by atoms with Crippen molar-refractivity contribution in [2.45, 2.75) is 13.3 Å². The van der Waals surface area contributed by atoms with Gasteiger partial charge >= 0.3 is 0 Å². The molecule has 1 saturated heterocycles. The minimum atomic E-state index is -0.0143. The Hall–Kier alpha value is -2.76. The van der Waals surface area contributed by atoms with E-state index in [-0.39, 0.29) is 11.8 Å². The molecule has 132 valence electrons. The third kappa shape index (κ3) is 3.68. The molecular formula is C19H23N3O3. The van der Waals surface area contributed by atoms with Gasteiger partial charge in [-0.05, 0) is 49.2 Å². The van der Waals surface area contributed by atoms with Crippen molar-refractivity contribution < 1.29 is 14.3 Å². The Balaban J connectivity index is 1.67. The Morgan fingerprint density at radius 1 is 1.04 bits per heavy atom. The standard InChI is InChI=1S/C19H23N3O3/c1-14-13-15(6-7-17(14)25-2)18(23)21-9-4-10-22(12-11-21)19(24)16-5-3-8-20-16/h3,5-8,13,20H,4,9-12H2,1-2H3. The van der Waals surface area contributed by atoms with Crippen molar-refractivity contribution in [1.29, 1.82) is 0 Å². The molecule has 2 aromatic rings. The summed E-state index contributed by atoms with van der Waals surface area (Å²) in [4.78, 5) is 31.8. The van der Waals surface area contributed by atoms with E-state index in [0.29, 0.717) is 37.4 Å². The fourth-order valence-corrected chi connectivity index (χ4v) is 3.15. The summed E-state index contributed by atoms with van der Waals surface area (Å²) in [5.74, 6) is 0.759. The second kappa shape index (κ2) is 7.42. The molecule has 0 saturated carbocycles. The molecule has 6 nitrogen and oxygen atoms in total. The van der Waals surface area contributed by atoms with Crippen molar-refractivity contribution in [1.82, 2.24) is 14.8 Å². The lowest BCUT2D eigenvalue weighted by atomic mass is 10.1. The summed E-state index contributed by atoms with van der Waals surface area (Å²) >= 11 is 0. The molecule has 2 amide bonds. The number of H-pyrrole nitrogens is 1. The fourth-order valence-electron chi connectivity index (χ4n) is 3.15. The highest BCUT2D eigenvalue weighted by atomic mass is 16.5. The second-order valence-electron chi connectivity index (χ2n) is 6.21. The van der Waals surface area contributed by atoms with Crippen molar-refractivity contribution in [3.05, 3.63) is 53.3 Å². The first-order valence-corrected chi connectivity index (χ1v) is 8.46. The van der Waals surface area contributed by atoms with Crippen molar-refractivity contribution in [2.24, 2.45) is 0 Å². The van der Waals surface area contributed by atoms with Gasteiger partial charge in [0.05, 0.1) is 7.11 Å². The molecule has 6 heteroatoms. The largest absolute Gasteiger partial charge is 0.496 e. The number of hydrogen-bond donors (Lipinski definition) is 1. The van der Waals surface area contributed by atoms with Gasteiger partial charge in [0.2, 0.25) is 0 Å². The molecule has 0 bridgehead atoms. The topological polar surface area (TPSA) is 65.6 Å². The number of nitrogens with zero attached hydrogens (tertiary/aromatic N) is 2. The van der Waals surface area contributed by atoms with E-state index in [1.54, 1.807) is 30.3 Å². The van der Waals surface area contributed by atoms with Crippen LogP contribution in [0.2, 0.25) is 0 Å². The number of nitrogens with one attached hydrogen (secondary N) is 1. The number of carbonyl (C=O) groups excluding carboxylic acids is 2. The van der Waals surface area contributed by atoms with Crippen LogP contribution in [0.3, 0.4) is 0 Å². The molecule has 0 aliphatic carbocycles. The van der Waals surface area contributed by atoms with E-state index in [0.717, 1.165) is 17.7 Å². The number of rotatable bonds is 3. The predicted octanol–water partition coefficient (Wildman–Crippen LogP) is 2.32. The van der Waals surface area contributed by atoms with E-state index in [4.69, 9.17) is 4.74 Å². The zero-order valence-corrected chi connectivity index (χ0v) is 14.6. The SMILES string of the molecule is COc1ccc(C(=O)N2CCCN(C(=O)c3ccc[nH]3)CC2)cc1C. The molecular weight excluding hydrogens is 318 g/mol. The summed E-state index contributed by atoms with van der Waals surface area (Å²) < 4.78 is 5.25. The smallest absolute Gasteiger partial charge is 0.270 e. The summed E-state index contributed by atoms with van der Waals surface area (Å²) in [6.07, 6.45) is 2.51. The maximum absolute atomic E-state index is 12.8. The van der Waals surface area contributed by atoms with Crippen LogP contribution in [0.4, 0.5) is 0 Å². The lowest BCUT2D eigenvalue weighted by molar-refractivity contribution is 0.0716. The summed E-state index contributed by atoms with van der Waals surface area (Å²) in [6.45, 7) is 4.31. The average Bonchev–Trinajstić information content (AvgIpc) is 3.05. The number of carbonyl (C=O) groups is 2. The summed E-state index contributed by atoms with van der Waals surface area (Å²) in [6, 6.07) is 9.06. The van der Waals surface area contributed by atoms with Crippen molar-refractivity contribution in [2.75, 3.05) is 33.3 Å². The fraction of sp³-hybridized carbons (Fsp3) is 0.368. The lowest BCUT2D eigenvalue weighted by Gasteiger charge is -2.22. The quantitative estimate of drug-likeness (QED) is 0.932. The number of aromatic amines is 1. The molecule has 1 aliphatic heterocycles. The van der Waals surface area contributed by atoms with Gasteiger partial charge in [-0.25, -0.2) is 0 Å². The van der Waals surface area contributed by atoms with Crippen LogP contribution in [0.1, 0.15) is 32.8 Å². The van der Waals surface area contributed by atoms with E-state index in [1.165, 1.54) is 0 Å². The van der Waals surface area contributed by atoms with E-state index in [9.17, 15) is 9.59 Å². The maximum Gasteiger partial charge on any atom is 0.270 e. The normalized spacial score (nSPS) is 15.0. The summed E-state index contributed by atoms with van der Waals surface area (Å²) in [7, 11) is 1.62. The van der Waals surface area contributed by atoms with E-state index in [1.807, 2.05) is 30.0 Å². The highest BCUT2D eigenvalue weighted by molar-refractivity contribution is 5.95. The van der Waals surface area contributed by atoms with Crippen LogP contribution < -0.4 is 4.74 Å². The monoisotopic (exact) mass is 341 g/mol. The van der Waals surface area contributed by atoms with Crippen LogP contribution in [0.15, 0.2) is 36.5 Å². The molecule has 1 fully saturated rings. The molecule has 3 rings (SSSR count). The van der Waals surface area contributed by atoms with Crippen LogP contribution in [0.5, 0.6) is 5.75 Å². The van der Waals surface area contributed by atoms with Crippen molar-refractivity contribution >= 4 is 11.8 Å². The Morgan fingerprint density at radius 3 is 2.36 bits per heavy atom. The Bertz CT molecular complexity index is 755. The summed E-state index contributed by atoms with van der Waals surface area (Å²) in [5.41, 5.74) is 2.18. The van der Waals surface area contributed by atoms with Crippen LogP contribution in [0.25, 0.3) is 0 Å². The van der Waals surface area contributed by atoms with Crippen molar-refractivity contribution in [3.8, 4) is 5.75 Å². The number of benzene rings is 1. The second-order valence-corrected chi connectivity index (χ2v) is 6.21. The number of aryl methyl sites for hydroxylation is 1. The van der Waals surface area contributed by atoms with Gasteiger partial charge in [0.1, 0.15) is 11.4 Å². The van der Waals surface area contributed by atoms with Crippen LogP contribution in [0, 0.1) is 6.92 Å². The van der Waals surface area contributed by atoms with Crippen LogP contribution in [-0.2, 0) is 0 Å². The average molecular weight is 341 g/mol. The molecule has 0 radical (unpaired) electrons. The molecule has 1 aromatic heterocycles. The Labute approximate surface area is 147 Å². The Morgan fingerprint density at radius 2 is 1.76 bits per heavy atom. The van der Waals surface area contributed by atoms with Gasteiger partial charge in [-0.15, -0.1) is 0 Å². The van der Waals surface area contributed by atoms with Gasteiger partial charge in [-0.2, -0.15) is 0 Å². The molecule has 2 heterocycles.